The summed E-state index contributed by atoms with van der Waals surface area (Å²) in [6.07, 6.45) is 4.63. The number of anilines is 1. The Morgan fingerprint density at radius 3 is 2.86 bits per heavy atom. The van der Waals surface area contributed by atoms with Gasteiger partial charge in [0.1, 0.15) is 5.82 Å². The van der Waals surface area contributed by atoms with Crippen LogP contribution < -0.4 is 20.1 Å². The molecule has 3 heterocycles. The quantitative estimate of drug-likeness (QED) is 0.239. The molecule has 1 aliphatic rings. The van der Waals surface area contributed by atoms with Crippen LogP contribution in [0.15, 0.2) is 47.6 Å². The predicted molar refractivity (Wildman–Crippen MR) is 124 cm³/mol. The van der Waals surface area contributed by atoms with Crippen LogP contribution >= 0.6 is 24.0 Å². The average molecular weight is 508 g/mol. The van der Waals surface area contributed by atoms with E-state index in [9.17, 15) is 0 Å². The molecule has 4 rings (SSSR count). The smallest absolute Gasteiger partial charge is 0.195 e. The number of hydrogen-bond donors (Lipinski definition) is 2. The Morgan fingerprint density at radius 2 is 2.00 bits per heavy atom. The van der Waals surface area contributed by atoms with E-state index in [1.54, 1.807) is 7.05 Å². The molecular weight excluding hydrogens is 483 g/mol. The van der Waals surface area contributed by atoms with E-state index in [-0.39, 0.29) is 24.0 Å². The molecule has 0 atom stereocenters. The number of halogens is 1. The highest BCUT2D eigenvalue weighted by Gasteiger charge is 2.11. The molecule has 0 fully saturated rings. The Labute approximate surface area is 186 Å². The highest BCUT2D eigenvalue weighted by Crippen LogP contribution is 2.32. The van der Waals surface area contributed by atoms with Crippen molar-refractivity contribution in [1.29, 1.82) is 0 Å². The van der Waals surface area contributed by atoms with Crippen molar-refractivity contribution in [2.75, 3.05) is 32.1 Å². The molecule has 0 unspecified atom stereocenters. The Kier molecular flexibility index (Phi) is 7.50. The summed E-state index contributed by atoms with van der Waals surface area (Å²) in [4.78, 5) is 4.29. The van der Waals surface area contributed by atoms with Crippen molar-refractivity contribution in [2.24, 2.45) is 4.99 Å². The maximum Gasteiger partial charge on any atom is 0.195 e. The topological polar surface area (TPSA) is 85.1 Å². The first-order chi connectivity index (χ1) is 13.8. The first kappa shape index (κ1) is 21.2. The predicted octanol–water partition coefficient (Wildman–Crippen LogP) is 3.13. The molecule has 0 amide bonds. The van der Waals surface area contributed by atoms with Gasteiger partial charge in [0.15, 0.2) is 23.1 Å². The van der Waals surface area contributed by atoms with Gasteiger partial charge in [0, 0.05) is 44.4 Å². The summed E-state index contributed by atoms with van der Waals surface area (Å²) < 4.78 is 13.4. The Morgan fingerprint density at radius 1 is 1.14 bits per heavy atom. The number of nitrogens with zero attached hydrogens (tertiary/aromatic N) is 4. The summed E-state index contributed by atoms with van der Waals surface area (Å²) >= 11 is 0. The van der Waals surface area contributed by atoms with Crippen LogP contribution in [-0.4, -0.2) is 47.4 Å². The number of aliphatic imine (C=N–C) groups is 1. The number of nitrogens with one attached hydrogen (secondary N) is 2. The van der Waals surface area contributed by atoms with Gasteiger partial charge in [0.2, 0.25) is 0 Å². The molecule has 3 aromatic rings. The van der Waals surface area contributed by atoms with E-state index in [1.165, 1.54) is 0 Å². The number of benzene rings is 1. The van der Waals surface area contributed by atoms with Crippen molar-refractivity contribution < 1.29 is 9.47 Å². The summed E-state index contributed by atoms with van der Waals surface area (Å²) in [6, 6.07) is 11.7. The molecule has 2 N–H and O–H groups in total. The molecule has 1 aromatic carbocycles. The molecule has 29 heavy (non-hydrogen) atoms. The monoisotopic (exact) mass is 508 g/mol. The van der Waals surface area contributed by atoms with Gasteiger partial charge >= 0.3 is 0 Å². The third-order valence-corrected chi connectivity index (χ3v) is 4.49. The van der Waals surface area contributed by atoms with Crippen molar-refractivity contribution in [3.8, 4) is 11.5 Å². The van der Waals surface area contributed by atoms with Crippen LogP contribution in [0.1, 0.15) is 18.7 Å². The number of rotatable bonds is 5. The van der Waals surface area contributed by atoms with Crippen LogP contribution in [0, 0.1) is 0 Å². The molecule has 0 spiro atoms. The summed E-state index contributed by atoms with van der Waals surface area (Å²) in [7, 11) is 1.75. The number of guanidine groups is 1. The molecule has 0 bridgehead atoms. The summed E-state index contributed by atoms with van der Waals surface area (Å²) in [5.41, 5.74) is 1.78. The zero-order valence-electron chi connectivity index (χ0n) is 16.3. The van der Waals surface area contributed by atoms with E-state index in [2.05, 4.69) is 25.8 Å². The standard InChI is InChI=1S/C20H24N6O2.HI/c1-21-20(23-15-8-9-16-17(14-15)28-13-5-12-27-16)22-10-4-7-19-25-24-18-6-2-3-11-26(18)19;/h2-3,6,8-9,11,14H,4-5,7,10,12-13H2,1H3,(H2,21,22,23);1H. The lowest BCUT2D eigenvalue weighted by atomic mass is 10.2. The van der Waals surface area contributed by atoms with Crippen LogP contribution in [0.4, 0.5) is 5.69 Å². The lowest BCUT2D eigenvalue weighted by Gasteiger charge is -2.14. The van der Waals surface area contributed by atoms with Gasteiger partial charge in [-0.05, 0) is 30.7 Å². The van der Waals surface area contributed by atoms with Gasteiger partial charge in [-0.25, -0.2) is 0 Å². The first-order valence-electron chi connectivity index (χ1n) is 9.49. The minimum atomic E-state index is 0. The third kappa shape index (κ3) is 5.28. The first-order valence-corrected chi connectivity index (χ1v) is 9.49. The molecule has 9 heteroatoms. The lowest BCUT2D eigenvalue weighted by Crippen LogP contribution is -2.31. The Hall–Kier alpha value is -2.56. The number of ether oxygens (including phenoxy) is 2. The van der Waals surface area contributed by atoms with Crippen LogP contribution in [-0.2, 0) is 6.42 Å². The number of aromatic nitrogens is 3. The maximum absolute atomic E-state index is 5.74. The fourth-order valence-electron chi connectivity index (χ4n) is 3.07. The third-order valence-electron chi connectivity index (χ3n) is 4.49. The van der Waals surface area contributed by atoms with Crippen molar-refractivity contribution in [1.82, 2.24) is 19.9 Å². The van der Waals surface area contributed by atoms with Gasteiger partial charge in [-0.2, -0.15) is 0 Å². The van der Waals surface area contributed by atoms with Gasteiger partial charge in [0.25, 0.3) is 0 Å². The fourth-order valence-corrected chi connectivity index (χ4v) is 3.07. The molecule has 1 aliphatic heterocycles. The molecule has 0 saturated carbocycles. The zero-order valence-corrected chi connectivity index (χ0v) is 18.6. The van der Waals surface area contributed by atoms with Crippen LogP contribution in [0.2, 0.25) is 0 Å². The van der Waals surface area contributed by atoms with E-state index in [1.807, 2.05) is 47.0 Å². The van der Waals surface area contributed by atoms with Crippen LogP contribution in [0.25, 0.3) is 5.65 Å². The molecule has 0 saturated heterocycles. The molecule has 2 aromatic heterocycles. The van der Waals surface area contributed by atoms with Gasteiger partial charge in [-0.1, -0.05) is 6.07 Å². The molecule has 0 radical (unpaired) electrons. The minimum absolute atomic E-state index is 0. The summed E-state index contributed by atoms with van der Waals surface area (Å²) in [5, 5.41) is 15.1. The molecular formula is C20H25IN6O2. The van der Waals surface area contributed by atoms with Crippen molar-refractivity contribution in [3.05, 3.63) is 48.4 Å². The normalized spacial score (nSPS) is 13.5. The van der Waals surface area contributed by atoms with Gasteiger partial charge < -0.3 is 20.1 Å². The zero-order chi connectivity index (χ0) is 19.2. The average Bonchev–Trinajstić information content (AvgIpc) is 2.99. The molecule has 154 valence electrons. The highest BCUT2D eigenvalue weighted by molar-refractivity contribution is 14.0. The second kappa shape index (κ2) is 10.3. The summed E-state index contributed by atoms with van der Waals surface area (Å²) in [5.74, 6) is 3.21. The number of hydrogen-bond acceptors (Lipinski definition) is 5. The van der Waals surface area contributed by atoms with Gasteiger partial charge in [-0.3, -0.25) is 9.39 Å². The molecule has 8 nitrogen and oxygen atoms in total. The largest absolute Gasteiger partial charge is 0.490 e. The van der Waals surface area contributed by atoms with Gasteiger partial charge in [0.05, 0.1) is 13.2 Å². The van der Waals surface area contributed by atoms with Gasteiger partial charge in [-0.15, -0.1) is 34.2 Å². The number of fused-ring (bicyclic) bond motifs is 2. The van der Waals surface area contributed by atoms with Crippen molar-refractivity contribution >= 4 is 41.3 Å². The minimum Gasteiger partial charge on any atom is -0.490 e. The number of pyridine rings is 1. The van der Waals surface area contributed by atoms with E-state index in [0.29, 0.717) is 19.2 Å². The van der Waals surface area contributed by atoms with E-state index < -0.39 is 0 Å². The Bertz CT molecular complexity index is 975. The van der Waals surface area contributed by atoms with Crippen LogP contribution in [0.3, 0.4) is 0 Å². The second-order valence-corrected chi connectivity index (χ2v) is 6.48. The summed E-state index contributed by atoms with van der Waals surface area (Å²) in [6.45, 7) is 2.12. The van der Waals surface area contributed by atoms with E-state index >= 15 is 0 Å². The van der Waals surface area contributed by atoms with E-state index in [4.69, 9.17) is 9.47 Å². The molecule has 0 aliphatic carbocycles. The lowest BCUT2D eigenvalue weighted by molar-refractivity contribution is 0.297. The fraction of sp³-hybridized carbons (Fsp3) is 0.350. The van der Waals surface area contributed by atoms with E-state index in [0.717, 1.165) is 54.5 Å². The van der Waals surface area contributed by atoms with Crippen LogP contribution in [0.5, 0.6) is 11.5 Å². The highest BCUT2D eigenvalue weighted by atomic mass is 127. The van der Waals surface area contributed by atoms with Crippen molar-refractivity contribution in [2.45, 2.75) is 19.3 Å². The van der Waals surface area contributed by atoms with Crippen molar-refractivity contribution in [3.63, 3.8) is 0 Å². The SMILES string of the molecule is CN=C(NCCCc1nnc2ccccn12)Nc1ccc2c(c1)OCCCO2.I. The maximum atomic E-state index is 5.74. The second-order valence-electron chi connectivity index (χ2n) is 6.48. The Balaban J connectivity index is 0.00000240. The number of aryl methyl sites for hydroxylation is 1.